The van der Waals surface area contributed by atoms with Crippen LogP contribution in [-0.4, -0.2) is 25.1 Å². The van der Waals surface area contributed by atoms with Crippen molar-refractivity contribution in [2.75, 3.05) is 20.2 Å². The van der Waals surface area contributed by atoms with Gasteiger partial charge in [0.15, 0.2) is 0 Å². The molecule has 1 aliphatic heterocycles. The summed E-state index contributed by atoms with van der Waals surface area (Å²) in [6.07, 6.45) is 8.00. The van der Waals surface area contributed by atoms with Crippen LogP contribution in [0.4, 0.5) is 0 Å². The number of halogens is 1. The predicted molar refractivity (Wildman–Crippen MR) is 117 cm³/mol. The molecule has 1 saturated heterocycles. The molecule has 3 unspecified atom stereocenters. The molecule has 28 heavy (non-hydrogen) atoms. The largest absolute Gasteiger partial charge is 0.377 e. The molecule has 1 heterocycles. The number of benzene rings is 2. The van der Waals surface area contributed by atoms with Crippen LogP contribution >= 0.6 is 11.6 Å². The number of likely N-dealkylation sites (tertiary alicyclic amines) is 1. The van der Waals surface area contributed by atoms with Crippen LogP contribution in [0.2, 0.25) is 5.02 Å². The topological polar surface area (TPSA) is 12.5 Å². The molecule has 0 bridgehead atoms. The lowest BCUT2D eigenvalue weighted by Crippen LogP contribution is -2.43. The first kappa shape index (κ1) is 19.9. The second-order valence-electron chi connectivity index (χ2n) is 8.56. The third kappa shape index (κ3) is 4.62. The molecule has 2 nitrogen and oxygen atoms in total. The Balaban J connectivity index is 1.47. The van der Waals surface area contributed by atoms with E-state index in [-0.39, 0.29) is 6.10 Å². The summed E-state index contributed by atoms with van der Waals surface area (Å²) in [6.45, 7) is 2.39. The average Bonchev–Trinajstić information content (AvgIpc) is 2.70. The second kappa shape index (κ2) is 9.43. The van der Waals surface area contributed by atoms with E-state index in [4.69, 9.17) is 16.3 Å². The maximum absolute atomic E-state index is 6.16. The fourth-order valence-electron chi connectivity index (χ4n) is 5.08. The second-order valence-corrected chi connectivity index (χ2v) is 9.00. The Hall–Kier alpha value is -1.35. The number of ether oxygens (including phenoxy) is 1. The van der Waals surface area contributed by atoms with E-state index in [2.05, 4.69) is 59.5 Å². The van der Waals surface area contributed by atoms with Gasteiger partial charge in [0, 0.05) is 24.7 Å². The Morgan fingerprint density at radius 2 is 1.71 bits per heavy atom. The summed E-state index contributed by atoms with van der Waals surface area (Å²) in [7, 11) is 1.85. The first-order valence-electron chi connectivity index (χ1n) is 10.8. The third-order valence-corrected chi connectivity index (χ3v) is 7.01. The zero-order chi connectivity index (χ0) is 19.3. The van der Waals surface area contributed by atoms with Gasteiger partial charge in [-0.15, -0.1) is 0 Å². The summed E-state index contributed by atoms with van der Waals surface area (Å²) >= 11 is 6.16. The van der Waals surface area contributed by atoms with Gasteiger partial charge in [-0.05, 0) is 73.7 Å². The molecule has 0 amide bonds. The van der Waals surface area contributed by atoms with Crippen molar-refractivity contribution < 1.29 is 4.74 Å². The van der Waals surface area contributed by atoms with Gasteiger partial charge in [-0.2, -0.15) is 0 Å². The van der Waals surface area contributed by atoms with Gasteiger partial charge in [0.2, 0.25) is 0 Å². The summed E-state index contributed by atoms with van der Waals surface area (Å²) in [5.74, 6) is 1.49. The van der Waals surface area contributed by atoms with Gasteiger partial charge in [-0.25, -0.2) is 0 Å². The minimum atomic E-state index is 0.198. The van der Waals surface area contributed by atoms with Crippen LogP contribution in [0.3, 0.4) is 0 Å². The smallest absolute Gasteiger partial charge is 0.0824 e. The maximum atomic E-state index is 6.16. The monoisotopic (exact) mass is 397 g/mol. The Morgan fingerprint density at radius 3 is 2.36 bits per heavy atom. The van der Waals surface area contributed by atoms with Crippen LogP contribution < -0.4 is 0 Å². The molecule has 2 aromatic carbocycles. The molecule has 4 rings (SSSR count). The van der Waals surface area contributed by atoms with Crippen LogP contribution in [0.15, 0.2) is 54.6 Å². The zero-order valence-corrected chi connectivity index (χ0v) is 17.7. The summed E-state index contributed by atoms with van der Waals surface area (Å²) in [4.78, 5) is 2.76. The Kier molecular flexibility index (Phi) is 6.72. The van der Waals surface area contributed by atoms with E-state index >= 15 is 0 Å². The normalized spacial score (nSPS) is 23.1. The minimum Gasteiger partial charge on any atom is -0.377 e. The molecule has 2 aliphatic rings. The lowest BCUT2D eigenvalue weighted by molar-refractivity contribution is 0.0267. The fourth-order valence-corrected chi connectivity index (χ4v) is 5.20. The Bertz CT molecular complexity index is 728. The highest BCUT2D eigenvalue weighted by molar-refractivity contribution is 6.30. The van der Waals surface area contributed by atoms with Crippen LogP contribution in [0.5, 0.6) is 0 Å². The van der Waals surface area contributed by atoms with E-state index in [9.17, 15) is 0 Å². The molecule has 3 heteroatoms. The minimum absolute atomic E-state index is 0.198. The van der Waals surface area contributed by atoms with Crippen LogP contribution in [-0.2, 0) is 4.74 Å². The van der Waals surface area contributed by atoms with Crippen LogP contribution in [0, 0.1) is 11.8 Å². The summed E-state index contributed by atoms with van der Waals surface area (Å²) in [5, 5.41) is 0.832. The molecule has 0 N–H and O–H groups in total. The zero-order valence-electron chi connectivity index (χ0n) is 16.9. The van der Waals surface area contributed by atoms with Crippen LogP contribution in [0.25, 0.3) is 0 Å². The third-order valence-electron chi connectivity index (χ3n) is 6.75. The van der Waals surface area contributed by atoms with Crippen molar-refractivity contribution in [2.45, 2.75) is 50.7 Å². The molecular weight excluding hydrogens is 366 g/mol. The van der Waals surface area contributed by atoms with Crippen molar-refractivity contribution in [2.24, 2.45) is 11.8 Å². The van der Waals surface area contributed by atoms with Gasteiger partial charge in [0.05, 0.1) is 6.10 Å². The molecule has 2 aromatic rings. The van der Waals surface area contributed by atoms with Crippen LogP contribution in [0.1, 0.15) is 61.8 Å². The lowest BCUT2D eigenvalue weighted by atomic mass is 9.75. The van der Waals surface area contributed by atoms with Gasteiger partial charge >= 0.3 is 0 Å². The standard InChI is InChI=1S/C25H32ClNO/c1-28-24(20-8-3-2-4-9-20)17-19-7-6-16-27(18-19)25(21-10-5-11-21)22-12-14-23(26)15-13-22/h2-4,8-9,12-15,19,21,24-25H,5-7,10-11,16-18H2,1H3. The van der Waals surface area contributed by atoms with Crippen molar-refractivity contribution in [3.05, 3.63) is 70.7 Å². The average molecular weight is 398 g/mol. The number of piperidine rings is 1. The maximum Gasteiger partial charge on any atom is 0.0824 e. The van der Waals surface area contributed by atoms with Crippen molar-refractivity contribution in [1.29, 1.82) is 0 Å². The molecule has 0 radical (unpaired) electrons. The van der Waals surface area contributed by atoms with Crippen molar-refractivity contribution in [3.63, 3.8) is 0 Å². The first-order chi connectivity index (χ1) is 13.7. The number of hydrogen-bond acceptors (Lipinski definition) is 2. The highest BCUT2D eigenvalue weighted by Crippen LogP contribution is 2.43. The summed E-state index contributed by atoms with van der Waals surface area (Å²) < 4.78 is 5.88. The van der Waals surface area contributed by atoms with E-state index in [0.29, 0.717) is 12.0 Å². The van der Waals surface area contributed by atoms with E-state index in [0.717, 1.165) is 17.4 Å². The van der Waals surface area contributed by atoms with E-state index in [1.54, 1.807) is 0 Å². The molecule has 150 valence electrons. The van der Waals surface area contributed by atoms with Crippen molar-refractivity contribution in [1.82, 2.24) is 4.90 Å². The Morgan fingerprint density at radius 1 is 0.964 bits per heavy atom. The molecule has 3 atom stereocenters. The quantitative estimate of drug-likeness (QED) is 0.517. The highest BCUT2D eigenvalue weighted by Gasteiger charge is 2.35. The number of hydrogen-bond donors (Lipinski definition) is 0. The molecule has 1 aliphatic carbocycles. The first-order valence-corrected chi connectivity index (χ1v) is 11.2. The SMILES string of the molecule is COC(CC1CCCN(C(c2ccc(Cl)cc2)C2CCC2)C1)c1ccccc1. The predicted octanol–water partition coefficient (Wildman–Crippen LogP) is 6.67. The van der Waals surface area contributed by atoms with Gasteiger partial charge < -0.3 is 4.74 Å². The molecular formula is C25H32ClNO. The summed E-state index contributed by atoms with van der Waals surface area (Å²) in [6, 6.07) is 19.8. The molecule has 0 aromatic heterocycles. The van der Waals surface area contributed by atoms with Crippen molar-refractivity contribution in [3.8, 4) is 0 Å². The molecule has 1 saturated carbocycles. The molecule has 2 fully saturated rings. The van der Waals surface area contributed by atoms with E-state index < -0.39 is 0 Å². The van der Waals surface area contributed by atoms with Gasteiger partial charge in [0.1, 0.15) is 0 Å². The summed E-state index contributed by atoms with van der Waals surface area (Å²) in [5.41, 5.74) is 2.75. The number of nitrogens with zero attached hydrogens (tertiary/aromatic N) is 1. The number of rotatable bonds is 7. The lowest BCUT2D eigenvalue weighted by Gasteiger charge is -2.45. The van der Waals surface area contributed by atoms with E-state index in [1.807, 2.05) is 7.11 Å². The van der Waals surface area contributed by atoms with Gasteiger partial charge in [-0.3, -0.25) is 4.90 Å². The number of methoxy groups -OCH3 is 1. The van der Waals surface area contributed by atoms with E-state index in [1.165, 1.54) is 56.3 Å². The molecule has 0 spiro atoms. The van der Waals surface area contributed by atoms with Gasteiger partial charge in [0.25, 0.3) is 0 Å². The highest BCUT2D eigenvalue weighted by atomic mass is 35.5. The fraction of sp³-hybridized carbons (Fsp3) is 0.520. The van der Waals surface area contributed by atoms with Gasteiger partial charge in [-0.1, -0.05) is 60.5 Å². The van der Waals surface area contributed by atoms with Crippen molar-refractivity contribution >= 4 is 11.6 Å². The Labute approximate surface area is 174 Å².